The average Bonchev–Trinajstić information content (AvgIpc) is 3.27. The summed E-state index contributed by atoms with van der Waals surface area (Å²) in [4.78, 5) is 0. The summed E-state index contributed by atoms with van der Waals surface area (Å²) in [5.74, 6) is 0. The van der Waals surface area contributed by atoms with Crippen LogP contribution in [0.1, 0.15) is 12.5 Å². The highest BCUT2D eigenvalue weighted by Crippen LogP contribution is 2.38. The standard InChI is InChI=1S/C34H26O/c1-4-10-25-22(3)26(17-15-23(25)5-2)30-19-18-27(28-11-6-7-12-29(28)30)24-16-20-34-32(21-24)31-13-8-9-14-33(31)35-34/h4-21H,1H2,2-3H3/b23-5-,25-10-. The van der Waals surface area contributed by atoms with E-state index in [2.05, 4.69) is 111 Å². The van der Waals surface area contributed by atoms with E-state index in [0.717, 1.165) is 21.9 Å². The maximum absolute atomic E-state index is 6.06. The molecule has 6 rings (SSSR count). The fourth-order valence-corrected chi connectivity index (χ4v) is 5.31. The van der Waals surface area contributed by atoms with Gasteiger partial charge >= 0.3 is 0 Å². The molecule has 168 valence electrons. The van der Waals surface area contributed by atoms with Crippen molar-refractivity contribution in [2.75, 3.05) is 0 Å². The van der Waals surface area contributed by atoms with Crippen molar-refractivity contribution in [1.82, 2.24) is 0 Å². The van der Waals surface area contributed by atoms with Gasteiger partial charge < -0.3 is 4.42 Å². The first-order valence-electron chi connectivity index (χ1n) is 12.0. The Hall–Kier alpha value is -4.36. The summed E-state index contributed by atoms with van der Waals surface area (Å²) in [5, 5.41) is 7.26. The molecule has 0 saturated carbocycles. The average molecular weight is 451 g/mol. The molecule has 1 heteroatoms. The van der Waals surface area contributed by atoms with Crippen molar-refractivity contribution in [2.45, 2.75) is 13.8 Å². The van der Waals surface area contributed by atoms with Crippen LogP contribution in [-0.2, 0) is 0 Å². The maximum atomic E-state index is 6.06. The van der Waals surface area contributed by atoms with Gasteiger partial charge in [-0.15, -0.1) is 0 Å². The van der Waals surface area contributed by atoms with Crippen molar-refractivity contribution in [3.05, 3.63) is 120 Å². The van der Waals surface area contributed by atoms with E-state index in [1.54, 1.807) is 0 Å². The number of allylic oxidation sites excluding steroid dienone is 1. The number of fused-ring (bicyclic) bond motifs is 4. The number of hydrogen-bond acceptors (Lipinski definition) is 1. The molecular weight excluding hydrogens is 424 g/mol. The summed E-state index contributed by atoms with van der Waals surface area (Å²) in [5.41, 5.74) is 8.04. The van der Waals surface area contributed by atoms with E-state index in [1.807, 2.05) is 18.2 Å². The third-order valence-electron chi connectivity index (χ3n) is 7.05. The Kier molecular flexibility index (Phi) is 5.12. The molecule has 1 heterocycles. The SMILES string of the molecule is C=C/C=c1/c(C)c(-c2ccc(-c3ccc4oc5ccccc5c4c3)c3ccccc23)cc/c1=C/C. The van der Waals surface area contributed by atoms with Crippen LogP contribution in [0.4, 0.5) is 0 Å². The second-order valence-corrected chi connectivity index (χ2v) is 8.95. The summed E-state index contributed by atoms with van der Waals surface area (Å²) in [6.07, 6.45) is 6.13. The van der Waals surface area contributed by atoms with E-state index in [-0.39, 0.29) is 0 Å². The van der Waals surface area contributed by atoms with Crippen LogP contribution in [0.2, 0.25) is 0 Å². The van der Waals surface area contributed by atoms with Crippen LogP contribution in [0.3, 0.4) is 0 Å². The Morgan fingerprint density at radius 2 is 1.31 bits per heavy atom. The molecule has 0 aliphatic carbocycles. The highest BCUT2D eigenvalue weighted by Gasteiger charge is 2.13. The van der Waals surface area contributed by atoms with Crippen LogP contribution in [0, 0.1) is 6.92 Å². The van der Waals surface area contributed by atoms with Crippen molar-refractivity contribution in [1.29, 1.82) is 0 Å². The van der Waals surface area contributed by atoms with Crippen LogP contribution < -0.4 is 10.4 Å². The molecule has 0 N–H and O–H groups in total. The van der Waals surface area contributed by atoms with E-state index in [0.29, 0.717) is 0 Å². The fraction of sp³-hybridized carbons (Fsp3) is 0.0588. The molecule has 5 aromatic carbocycles. The van der Waals surface area contributed by atoms with E-state index in [1.165, 1.54) is 49.0 Å². The van der Waals surface area contributed by atoms with Gasteiger partial charge in [-0.05, 0) is 81.1 Å². The van der Waals surface area contributed by atoms with Crippen LogP contribution in [0.15, 0.2) is 108 Å². The number of benzene rings is 5. The summed E-state index contributed by atoms with van der Waals surface area (Å²) < 4.78 is 6.06. The minimum absolute atomic E-state index is 0.922. The van der Waals surface area contributed by atoms with Gasteiger partial charge in [0.2, 0.25) is 0 Å². The Morgan fingerprint density at radius 1 is 0.657 bits per heavy atom. The summed E-state index contributed by atoms with van der Waals surface area (Å²) >= 11 is 0. The number of hydrogen-bond donors (Lipinski definition) is 0. The Balaban J connectivity index is 1.60. The van der Waals surface area contributed by atoms with E-state index >= 15 is 0 Å². The maximum Gasteiger partial charge on any atom is 0.135 e. The zero-order chi connectivity index (χ0) is 23.9. The third kappa shape index (κ3) is 3.40. The van der Waals surface area contributed by atoms with Crippen molar-refractivity contribution < 1.29 is 4.42 Å². The fourth-order valence-electron chi connectivity index (χ4n) is 5.31. The first kappa shape index (κ1) is 21.2. The lowest BCUT2D eigenvalue weighted by Crippen LogP contribution is -2.27. The number of rotatable bonds is 3. The second kappa shape index (κ2) is 8.45. The number of furan rings is 1. The van der Waals surface area contributed by atoms with Crippen molar-refractivity contribution >= 4 is 44.9 Å². The molecule has 0 spiro atoms. The molecule has 0 saturated heterocycles. The molecule has 1 aromatic heterocycles. The molecule has 6 aromatic rings. The topological polar surface area (TPSA) is 13.1 Å². The first-order chi connectivity index (χ1) is 17.2. The summed E-state index contributed by atoms with van der Waals surface area (Å²) in [7, 11) is 0. The summed E-state index contributed by atoms with van der Waals surface area (Å²) in [6.45, 7) is 8.22. The zero-order valence-electron chi connectivity index (χ0n) is 20.0. The zero-order valence-corrected chi connectivity index (χ0v) is 20.0. The lowest BCUT2D eigenvalue weighted by atomic mass is 9.89. The number of para-hydroxylation sites is 1. The van der Waals surface area contributed by atoms with Crippen LogP contribution >= 0.6 is 0 Å². The minimum Gasteiger partial charge on any atom is -0.456 e. The van der Waals surface area contributed by atoms with Gasteiger partial charge in [-0.25, -0.2) is 0 Å². The molecule has 0 amide bonds. The molecule has 0 radical (unpaired) electrons. The molecule has 0 bridgehead atoms. The van der Waals surface area contributed by atoms with E-state index < -0.39 is 0 Å². The molecule has 0 aliphatic heterocycles. The molecule has 1 nitrogen and oxygen atoms in total. The quantitative estimate of drug-likeness (QED) is 0.265. The Bertz CT molecular complexity index is 1880. The highest BCUT2D eigenvalue weighted by atomic mass is 16.3. The minimum atomic E-state index is 0.922. The van der Waals surface area contributed by atoms with Gasteiger partial charge in [0.25, 0.3) is 0 Å². The lowest BCUT2D eigenvalue weighted by molar-refractivity contribution is 0.669. The predicted octanol–water partition coefficient (Wildman–Crippen LogP) is 8.15. The largest absolute Gasteiger partial charge is 0.456 e. The van der Waals surface area contributed by atoms with Crippen LogP contribution in [0.5, 0.6) is 0 Å². The van der Waals surface area contributed by atoms with Crippen molar-refractivity contribution in [3.8, 4) is 22.3 Å². The molecule has 0 unspecified atom stereocenters. The van der Waals surface area contributed by atoms with Gasteiger partial charge in [-0.3, -0.25) is 0 Å². The first-order valence-corrected chi connectivity index (χ1v) is 12.0. The molecular formula is C34H26O. The third-order valence-corrected chi connectivity index (χ3v) is 7.05. The Morgan fingerprint density at radius 3 is 2.09 bits per heavy atom. The molecule has 0 atom stereocenters. The van der Waals surface area contributed by atoms with Crippen LogP contribution in [-0.4, -0.2) is 0 Å². The summed E-state index contributed by atoms with van der Waals surface area (Å²) in [6, 6.07) is 32.5. The van der Waals surface area contributed by atoms with E-state index in [9.17, 15) is 0 Å². The molecule has 35 heavy (non-hydrogen) atoms. The second-order valence-electron chi connectivity index (χ2n) is 8.95. The normalized spacial score (nSPS) is 12.7. The predicted molar refractivity (Wildman–Crippen MR) is 151 cm³/mol. The monoisotopic (exact) mass is 450 g/mol. The van der Waals surface area contributed by atoms with E-state index in [4.69, 9.17) is 4.42 Å². The molecule has 0 aliphatic rings. The molecule has 0 fully saturated rings. The van der Waals surface area contributed by atoms with Crippen molar-refractivity contribution in [2.24, 2.45) is 0 Å². The highest BCUT2D eigenvalue weighted by molar-refractivity contribution is 6.09. The van der Waals surface area contributed by atoms with Gasteiger partial charge in [-0.2, -0.15) is 0 Å². The van der Waals surface area contributed by atoms with Gasteiger partial charge in [-0.1, -0.05) is 97.6 Å². The van der Waals surface area contributed by atoms with Gasteiger partial charge in [0.1, 0.15) is 11.2 Å². The van der Waals surface area contributed by atoms with Gasteiger partial charge in [0.05, 0.1) is 0 Å². The van der Waals surface area contributed by atoms with Gasteiger partial charge in [0.15, 0.2) is 0 Å². The smallest absolute Gasteiger partial charge is 0.135 e. The lowest BCUT2D eigenvalue weighted by Gasteiger charge is -2.14. The van der Waals surface area contributed by atoms with Crippen molar-refractivity contribution in [3.63, 3.8) is 0 Å². The van der Waals surface area contributed by atoms with Crippen LogP contribution in [0.25, 0.3) is 67.1 Å². The Labute approximate surface area is 205 Å². The van der Waals surface area contributed by atoms with Gasteiger partial charge in [0, 0.05) is 10.8 Å².